The smallest absolute Gasteiger partial charge is 0.313 e. The van der Waals surface area contributed by atoms with E-state index < -0.39 is 5.97 Å². The first-order valence-corrected chi connectivity index (χ1v) is 5.31. The van der Waals surface area contributed by atoms with Crippen molar-refractivity contribution in [3.63, 3.8) is 0 Å². The number of ether oxygens (including phenoxy) is 1. The fourth-order valence-electron chi connectivity index (χ4n) is 1.42. The summed E-state index contributed by atoms with van der Waals surface area (Å²) in [5.74, 6) is 0.00226. The van der Waals surface area contributed by atoms with Crippen LogP contribution in [0.3, 0.4) is 0 Å². The summed E-state index contributed by atoms with van der Waals surface area (Å²) < 4.78 is 4.70. The summed E-state index contributed by atoms with van der Waals surface area (Å²) >= 11 is 0. The van der Waals surface area contributed by atoms with E-state index in [1.54, 1.807) is 6.92 Å². The Hall–Kier alpha value is -0.900. The molecule has 0 fully saturated rings. The summed E-state index contributed by atoms with van der Waals surface area (Å²) in [6.07, 6.45) is -0.115. The van der Waals surface area contributed by atoms with E-state index in [0.29, 0.717) is 19.1 Å². The van der Waals surface area contributed by atoms with Crippen LogP contribution in [0.25, 0.3) is 0 Å². The number of Topliss-reactive ketones (excluding diaryl/α,β-unsaturated/α-hetero) is 1. The number of ketones is 1. The molecule has 0 aromatic carbocycles. The van der Waals surface area contributed by atoms with Gasteiger partial charge in [0.25, 0.3) is 0 Å². The Bertz CT molecular complexity index is 214. The Morgan fingerprint density at radius 2 is 1.93 bits per heavy atom. The molecule has 0 atom stereocenters. The third-order valence-electron chi connectivity index (χ3n) is 1.77. The molecule has 0 bridgehead atoms. The molecule has 0 rings (SSSR count). The fraction of sp³-hybridized carbons (Fsp3) is 0.818. The number of rotatable bonds is 7. The Kier molecular flexibility index (Phi) is 6.96. The van der Waals surface area contributed by atoms with Crippen molar-refractivity contribution in [2.45, 2.75) is 27.2 Å². The number of hydrogen-bond acceptors (Lipinski definition) is 4. The molecule has 4 nitrogen and oxygen atoms in total. The van der Waals surface area contributed by atoms with E-state index in [2.05, 4.69) is 13.8 Å². The van der Waals surface area contributed by atoms with Crippen LogP contribution in [0, 0.1) is 5.92 Å². The predicted octanol–water partition coefficient (Wildman–Crippen LogP) is 1.10. The van der Waals surface area contributed by atoms with E-state index in [-0.39, 0.29) is 12.2 Å². The van der Waals surface area contributed by atoms with E-state index in [0.717, 1.165) is 6.54 Å². The Morgan fingerprint density at radius 3 is 2.40 bits per heavy atom. The van der Waals surface area contributed by atoms with Crippen molar-refractivity contribution >= 4 is 11.8 Å². The summed E-state index contributed by atoms with van der Waals surface area (Å²) in [6, 6.07) is 0. The Morgan fingerprint density at radius 1 is 1.33 bits per heavy atom. The van der Waals surface area contributed by atoms with Gasteiger partial charge in [0.15, 0.2) is 5.78 Å². The van der Waals surface area contributed by atoms with Gasteiger partial charge in [-0.2, -0.15) is 0 Å². The van der Waals surface area contributed by atoms with Crippen molar-refractivity contribution in [2.75, 3.05) is 26.7 Å². The molecule has 0 amide bonds. The average molecular weight is 215 g/mol. The minimum absolute atomic E-state index is 0.0865. The van der Waals surface area contributed by atoms with Crippen LogP contribution in [0.5, 0.6) is 0 Å². The molecule has 0 aliphatic heterocycles. The zero-order valence-electron chi connectivity index (χ0n) is 10.1. The zero-order chi connectivity index (χ0) is 11.8. The number of nitrogens with zero attached hydrogens (tertiary/aromatic N) is 1. The molecular formula is C11H21NO3. The quantitative estimate of drug-likeness (QED) is 0.471. The first kappa shape index (κ1) is 14.1. The number of carbonyl (C=O) groups is 2. The third-order valence-corrected chi connectivity index (χ3v) is 1.77. The van der Waals surface area contributed by atoms with Crippen molar-refractivity contribution in [3.8, 4) is 0 Å². The van der Waals surface area contributed by atoms with Gasteiger partial charge >= 0.3 is 5.97 Å². The highest BCUT2D eigenvalue weighted by Crippen LogP contribution is 1.97. The second-order valence-corrected chi connectivity index (χ2v) is 4.11. The van der Waals surface area contributed by atoms with Crippen LogP contribution in [-0.4, -0.2) is 43.4 Å². The second-order valence-electron chi connectivity index (χ2n) is 4.11. The van der Waals surface area contributed by atoms with Crippen LogP contribution >= 0.6 is 0 Å². The van der Waals surface area contributed by atoms with Crippen LogP contribution < -0.4 is 0 Å². The van der Waals surface area contributed by atoms with Crippen molar-refractivity contribution in [1.29, 1.82) is 0 Å². The van der Waals surface area contributed by atoms with Gasteiger partial charge in [-0.15, -0.1) is 0 Å². The van der Waals surface area contributed by atoms with Gasteiger partial charge < -0.3 is 4.74 Å². The maximum absolute atomic E-state index is 11.4. The highest BCUT2D eigenvalue weighted by molar-refractivity contribution is 5.96. The van der Waals surface area contributed by atoms with Crippen molar-refractivity contribution in [3.05, 3.63) is 0 Å². The molecule has 4 heteroatoms. The molecule has 0 N–H and O–H groups in total. The Labute approximate surface area is 91.6 Å². The lowest BCUT2D eigenvalue weighted by atomic mass is 10.2. The molecule has 0 aliphatic carbocycles. The van der Waals surface area contributed by atoms with Crippen molar-refractivity contribution < 1.29 is 14.3 Å². The van der Waals surface area contributed by atoms with E-state index in [1.807, 2.05) is 11.9 Å². The van der Waals surface area contributed by atoms with Crippen LogP contribution in [-0.2, 0) is 14.3 Å². The van der Waals surface area contributed by atoms with Gasteiger partial charge in [0, 0.05) is 6.54 Å². The minimum Gasteiger partial charge on any atom is -0.466 e. The third kappa shape index (κ3) is 8.12. The van der Waals surface area contributed by atoms with Crippen molar-refractivity contribution in [1.82, 2.24) is 4.90 Å². The highest BCUT2D eigenvalue weighted by Gasteiger charge is 2.12. The van der Waals surface area contributed by atoms with Crippen LogP contribution in [0.15, 0.2) is 0 Å². The van der Waals surface area contributed by atoms with Gasteiger partial charge in [-0.1, -0.05) is 13.8 Å². The number of likely N-dealkylation sites (N-methyl/N-ethyl adjacent to an activating group) is 1. The Balaban J connectivity index is 3.78. The first-order valence-electron chi connectivity index (χ1n) is 5.31. The van der Waals surface area contributed by atoms with Crippen LogP contribution in [0.4, 0.5) is 0 Å². The molecule has 0 aliphatic rings. The molecule has 0 radical (unpaired) electrons. The van der Waals surface area contributed by atoms with Gasteiger partial charge in [-0.25, -0.2) is 0 Å². The second kappa shape index (κ2) is 7.40. The largest absolute Gasteiger partial charge is 0.466 e. The van der Waals surface area contributed by atoms with Gasteiger partial charge in [-0.3, -0.25) is 14.5 Å². The molecule has 0 aromatic rings. The van der Waals surface area contributed by atoms with Gasteiger partial charge in [0.2, 0.25) is 0 Å². The van der Waals surface area contributed by atoms with Crippen LogP contribution in [0.1, 0.15) is 27.2 Å². The molecular weight excluding hydrogens is 194 g/mol. The molecule has 15 heavy (non-hydrogen) atoms. The lowest BCUT2D eigenvalue weighted by molar-refractivity contribution is -0.145. The highest BCUT2D eigenvalue weighted by atomic mass is 16.5. The van der Waals surface area contributed by atoms with E-state index >= 15 is 0 Å². The molecule has 0 saturated heterocycles. The minimum atomic E-state index is -0.430. The normalized spacial score (nSPS) is 10.8. The number of hydrogen-bond donors (Lipinski definition) is 0. The van der Waals surface area contributed by atoms with E-state index in [4.69, 9.17) is 4.74 Å². The summed E-state index contributed by atoms with van der Waals surface area (Å²) in [6.45, 7) is 7.41. The molecule has 0 spiro atoms. The maximum atomic E-state index is 11.4. The summed E-state index contributed by atoms with van der Waals surface area (Å²) in [4.78, 5) is 24.3. The lowest BCUT2D eigenvalue weighted by Gasteiger charge is -2.17. The van der Waals surface area contributed by atoms with Gasteiger partial charge in [0.1, 0.15) is 6.42 Å². The molecule has 88 valence electrons. The fourth-order valence-corrected chi connectivity index (χ4v) is 1.42. The number of carbonyl (C=O) groups excluding carboxylic acids is 2. The van der Waals surface area contributed by atoms with Gasteiger partial charge in [0.05, 0.1) is 13.2 Å². The summed E-state index contributed by atoms with van der Waals surface area (Å²) in [5, 5.41) is 0. The van der Waals surface area contributed by atoms with Crippen molar-refractivity contribution in [2.24, 2.45) is 5.92 Å². The first-order chi connectivity index (χ1) is 6.95. The molecule has 0 heterocycles. The maximum Gasteiger partial charge on any atom is 0.313 e. The SMILES string of the molecule is CCOC(=O)CC(=O)CN(C)CC(C)C. The number of esters is 1. The average Bonchev–Trinajstić information content (AvgIpc) is 2.00. The predicted molar refractivity (Wildman–Crippen MR) is 58.6 cm³/mol. The lowest BCUT2D eigenvalue weighted by Crippen LogP contribution is -2.30. The summed E-state index contributed by atoms with van der Waals surface area (Å²) in [5.41, 5.74) is 0. The van der Waals surface area contributed by atoms with E-state index in [9.17, 15) is 9.59 Å². The molecule has 0 aromatic heterocycles. The van der Waals surface area contributed by atoms with E-state index in [1.165, 1.54) is 0 Å². The van der Waals surface area contributed by atoms with Gasteiger partial charge in [-0.05, 0) is 19.9 Å². The molecule has 0 saturated carbocycles. The molecule has 0 unspecified atom stereocenters. The van der Waals surface area contributed by atoms with Crippen LogP contribution in [0.2, 0.25) is 0 Å². The summed E-state index contributed by atoms with van der Waals surface area (Å²) in [7, 11) is 1.88. The monoisotopic (exact) mass is 215 g/mol. The standard InChI is InChI=1S/C11H21NO3/c1-5-15-11(14)6-10(13)8-12(4)7-9(2)3/h9H,5-8H2,1-4H3. The zero-order valence-corrected chi connectivity index (χ0v) is 10.1. The topological polar surface area (TPSA) is 46.6 Å².